The number of ketones is 2. The number of ether oxygens (including phenoxy) is 2. The molecule has 1 N–H and O–H groups in total. The smallest absolute Gasteiger partial charge is 0.228 e. The molecule has 0 aromatic heterocycles. The first-order valence-electron chi connectivity index (χ1n) is 9.57. The highest BCUT2D eigenvalue weighted by atomic mass is 16.5. The molecule has 1 aliphatic carbocycles. The van der Waals surface area contributed by atoms with E-state index >= 15 is 0 Å². The lowest BCUT2D eigenvalue weighted by Gasteiger charge is -2.20. The Morgan fingerprint density at radius 1 is 0.931 bits per heavy atom. The van der Waals surface area contributed by atoms with Crippen LogP contribution in [-0.2, 0) is 36.7 Å². The predicted octanol–water partition coefficient (Wildman–Crippen LogP) is 3.05. The van der Waals surface area contributed by atoms with Crippen molar-refractivity contribution in [3.63, 3.8) is 0 Å². The maximum atomic E-state index is 12.7. The molecule has 1 aromatic carbocycles. The van der Waals surface area contributed by atoms with Crippen LogP contribution in [0.4, 0.5) is 0 Å². The van der Waals surface area contributed by atoms with Crippen molar-refractivity contribution in [3.05, 3.63) is 58.1 Å². The third-order valence-electron chi connectivity index (χ3n) is 4.65. The van der Waals surface area contributed by atoms with E-state index in [1.807, 2.05) is 45.0 Å². The van der Waals surface area contributed by atoms with Gasteiger partial charge in [0.25, 0.3) is 0 Å². The second-order valence-corrected chi connectivity index (χ2v) is 8.12. The van der Waals surface area contributed by atoms with E-state index in [4.69, 9.17) is 9.47 Å². The van der Waals surface area contributed by atoms with Crippen LogP contribution in [0.3, 0.4) is 0 Å². The number of carbonyl (C=O) groups is 3. The van der Waals surface area contributed by atoms with Gasteiger partial charge in [0.2, 0.25) is 29.0 Å². The summed E-state index contributed by atoms with van der Waals surface area (Å²) >= 11 is 0. The highest BCUT2D eigenvalue weighted by molar-refractivity contribution is 6.23. The van der Waals surface area contributed by atoms with Gasteiger partial charge in [-0.2, -0.15) is 0 Å². The molecule has 0 heterocycles. The normalized spacial score (nSPS) is 15.0. The summed E-state index contributed by atoms with van der Waals surface area (Å²) in [6.07, 6.45) is 1.37. The van der Waals surface area contributed by atoms with Crippen LogP contribution in [0.1, 0.15) is 45.2 Å². The standard InChI is InChI=1S/C23H29NO5/c1-14-17(20(27)22(29-6)21(28-5)19(14)26)13-16-9-7-15(8-10-16)11-12-18(25)24-23(2,3)4/h7-10H,11-13H2,1-6H3,(H,24,25). The summed E-state index contributed by atoms with van der Waals surface area (Å²) in [7, 11) is 2.70. The fourth-order valence-corrected chi connectivity index (χ4v) is 3.17. The zero-order valence-electron chi connectivity index (χ0n) is 18.0. The molecule has 0 saturated heterocycles. The second kappa shape index (κ2) is 9.07. The quantitative estimate of drug-likeness (QED) is 0.713. The minimum atomic E-state index is -0.333. The molecule has 0 aliphatic heterocycles. The summed E-state index contributed by atoms with van der Waals surface area (Å²) in [5.74, 6) is -0.756. The first-order valence-corrected chi connectivity index (χ1v) is 9.57. The highest BCUT2D eigenvalue weighted by Crippen LogP contribution is 2.28. The molecule has 1 aliphatic rings. The summed E-state index contributed by atoms with van der Waals surface area (Å²) in [4.78, 5) is 37.2. The molecule has 29 heavy (non-hydrogen) atoms. The van der Waals surface area contributed by atoms with E-state index in [-0.39, 0.29) is 34.5 Å². The van der Waals surface area contributed by atoms with E-state index in [0.29, 0.717) is 30.4 Å². The van der Waals surface area contributed by atoms with Crippen molar-refractivity contribution in [1.29, 1.82) is 0 Å². The summed E-state index contributed by atoms with van der Waals surface area (Å²) in [5, 5.41) is 2.95. The van der Waals surface area contributed by atoms with E-state index in [9.17, 15) is 14.4 Å². The van der Waals surface area contributed by atoms with Crippen molar-refractivity contribution >= 4 is 17.5 Å². The molecule has 0 radical (unpaired) electrons. The lowest BCUT2D eigenvalue weighted by molar-refractivity contribution is -0.122. The van der Waals surface area contributed by atoms with Crippen molar-refractivity contribution in [2.24, 2.45) is 0 Å². The number of rotatable bonds is 7. The molecule has 0 unspecified atom stereocenters. The second-order valence-electron chi connectivity index (χ2n) is 8.12. The van der Waals surface area contributed by atoms with Crippen molar-refractivity contribution in [2.45, 2.75) is 52.5 Å². The van der Waals surface area contributed by atoms with Gasteiger partial charge in [-0.1, -0.05) is 24.3 Å². The van der Waals surface area contributed by atoms with E-state index in [1.54, 1.807) is 6.92 Å². The molecule has 6 heteroatoms. The van der Waals surface area contributed by atoms with E-state index in [0.717, 1.165) is 11.1 Å². The summed E-state index contributed by atoms with van der Waals surface area (Å²) in [6, 6.07) is 7.71. The maximum absolute atomic E-state index is 12.7. The van der Waals surface area contributed by atoms with Crippen LogP contribution in [0.2, 0.25) is 0 Å². The third kappa shape index (κ3) is 5.56. The van der Waals surface area contributed by atoms with Gasteiger partial charge in [-0.25, -0.2) is 0 Å². The molecule has 1 aromatic rings. The fourth-order valence-electron chi connectivity index (χ4n) is 3.17. The molecular weight excluding hydrogens is 370 g/mol. The number of nitrogens with one attached hydrogen (secondary N) is 1. The van der Waals surface area contributed by atoms with Gasteiger partial charge >= 0.3 is 0 Å². The van der Waals surface area contributed by atoms with Crippen molar-refractivity contribution < 1.29 is 23.9 Å². The zero-order chi connectivity index (χ0) is 21.8. The lowest BCUT2D eigenvalue weighted by atomic mass is 9.88. The Labute approximate surface area is 172 Å². The van der Waals surface area contributed by atoms with E-state index in [1.165, 1.54) is 14.2 Å². The van der Waals surface area contributed by atoms with Crippen LogP contribution in [0.5, 0.6) is 0 Å². The topological polar surface area (TPSA) is 81.7 Å². The van der Waals surface area contributed by atoms with Crippen LogP contribution in [0.15, 0.2) is 46.9 Å². The zero-order valence-corrected chi connectivity index (χ0v) is 18.0. The Balaban J connectivity index is 2.08. The molecule has 0 spiro atoms. The summed E-state index contributed by atoms with van der Waals surface area (Å²) < 4.78 is 10.2. The van der Waals surface area contributed by atoms with Gasteiger partial charge in [-0.05, 0) is 45.2 Å². The molecule has 156 valence electrons. The third-order valence-corrected chi connectivity index (χ3v) is 4.65. The average Bonchev–Trinajstić information content (AvgIpc) is 2.65. The predicted molar refractivity (Wildman–Crippen MR) is 110 cm³/mol. The fraction of sp³-hybridized carbons (Fsp3) is 0.435. The highest BCUT2D eigenvalue weighted by Gasteiger charge is 2.34. The molecule has 0 fully saturated rings. The van der Waals surface area contributed by atoms with Crippen LogP contribution < -0.4 is 5.32 Å². The Kier molecular flexibility index (Phi) is 7.01. The van der Waals surface area contributed by atoms with Crippen molar-refractivity contribution in [1.82, 2.24) is 5.32 Å². The minimum absolute atomic E-state index is 0.0153. The molecule has 6 nitrogen and oxygen atoms in total. The van der Waals surface area contributed by atoms with E-state index < -0.39 is 0 Å². The van der Waals surface area contributed by atoms with Crippen molar-refractivity contribution in [2.75, 3.05) is 14.2 Å². The van der Waals surface area contributed by atoms with Crippen molar-refractivity contribution in [3.8, 4) is 0 Å². The Hall–Kier alpha value is -2.89. The molecule has 2 rings (SSSR count). The van der Waals surface area contributed by atoms with Crippen LogP contribution in [-0.4, -0.2) is 37.2 Å². The van der Waals surface area contributed by atoms with E-state index in [2.05, 4.69) is 5.32 Å². The van der Waals surface area contributed by atoms with Gasteiger partial charge in [0, 0.05) is 29.5 Å². The number of benzene rings is 1. The number of hydrogen-bond acceptors (Lipinski definition) is 5. The Bertz CT molecular complexity index is 870. The molecule has 1 amide bonds. The summed E-state index contributed by atoms with van der Waals surface area (Å²) in [6.45, 7) is 7.48. The Morgan fingerprint density at radius 3 is 1.97 bits per heavy atom. The number of methoxy groups -OCH3 is 2. The molecule has 0 atom stereocenters. The van der Waals surface area contributed by atoms with Crippen LogP contribution in [0, 0.1) is 0 Å². The molecule has 0 bridgehead atoms. The molecular formula is C23H29NO5. The van der Waals surface area contributed by atoms with Gasteiger partial charge in [0.15, 0.2) is 0 Å². The number of aryl methyl sites for hydroxylation is 1. The van der Waals surface area contributed by atoms with Crippen LogP contribution >= 0.6 is 0 Å². The largest absolute Gasteiger partial charge is 0.489 e. The number of Topliss-reactive ketones (excluding diaryl/α,β-unsaturated/α-hetero) is 2. The average molecular weight is 399 g/mol. The van der Waals surface area contributed by atoms with Gasteiger partial charge in [-0.3, -0.25) is 14.4 Å². The maximum Gasteiger partial charge on any atom is 0.228 e. The minimum Gasteiger partial charge on any atom is -0.489 e. The van der Waals surface area contributed by atoms with Gasteiger partial charge < -0.3 is 14.8 Å². The first kappa shape index (κ1) is 22.4. The lowest BCUT2D eigenvalue weighted by Crippen LogP contribution is -2.40. The number of hydrogen-bond donors (Lipinski definition) is 1. The van der Waals surface area contributed by atoms with Gasteiger partial charge in [-0.15, -0.1) is 0 Å². The summed E-state index contributed by atoms with van der Waals surface area (Å²) in [5.41, 5.74) is 2.48. The number of carbonyl (C=O) groups excluding carboxylic acids is 3. The first-order chi connectivity index (χ1) is 13.6. The number of allylic oxidation sites excluding steroid dienone is 2. The van der Waals surface area contributed by atoms with Gasteiger partial charge in [0.05, 0.1) is 14.2 Å². The SMILES string of the molecule is COC1=C(OC)C(=O)C(Cc2ccc(CCC(=O)NC(C)(C)C)cc2)=C(C)C1=O. The monoisotopic (exact) mass is 399 g/mol. The molecule has 0 saturated carbocycles. The Morgan fingerprint density at radius 2 is 1.45 bits per heavy atom. The van der Waals surface area contributed by atoms with Gasteiger partial charge in [0.1, 0.15) is 0 Å². The number of amides is 1. The van der Waals surface area contributed by atoms with Crippen LogP contribution in [0.25, 0.3) is 0 Å².